The fraction of sp³-hybridized carbons (Fsp3) is 0.464. The molecule has 41 heavy (non-hydrogen) atoms. The Morgan fingerprint density at radius 3 is 2.49 bits per heavy atom. The van der Waals surface area contributed by atoms with Crippen molar-refractivity contribution in [2.45, 2.75) is 57.9 Å². The van der Waals surface area contributed by atoms with Gasteiger partial charge in [-0.1, -0.05) is 31.2 Å². The van der Waals surface area contributed by atoms with Crippen LogP contribution in [0.25, 0.3) is 22.8 Å². The Morgan fingerprint density at radius 2 is 1.83 bits per heavy atom. The molecule has 4 aromatic rings. The lowest BCUT2D eigenvalue weighted by Crippen LogP contribution is -2.37. The molecule has 1 aromatic carbocycles. The number of ether oxygens (including phenoxy) is 1. The highest BCUT2D eigenvalue weighted by Crippen LogP contribution is 2.45. The van der Waals surface area contributed by atoms with E-state index in [2.05, 4.69) is 26.8 Å². The molecule has 1 aliphatic heterocycles. The summed E-state index contributed by atoms with van der Waals surface area (Å²) in [6.45, 7) is 4.84. The predicted octanol–water partition coefficient (Wildman–Crippen LogP) is 5.69. The van der Waals surface area contributed by atoms with Gasteiger partial charge in [-0.05, 0) is 31.2 Å². The quantitative estimate of drug-likeness (QED) is 0.252. The van der Waals surface area contributed by atoms with Crippen molar-refractivity contribution >= 4 is 5.95 Å². The minimum absolute atomic E-state index is 0.0792. The number of rotatable bonds is 8. The summed E-state index contributed by atoms with van der Waals surface area (Å²) >= 11 is 0. The van der Waals surface area contributed by atoms with Crippen LogP contribution >= 0.6 is 0 Å². The van der Waals surface area contributed by atoms with Gasteiger partial charge in [-0.15, -0.1) is 5.10 Å². The molecule has 6 rings (SSSR count). The molecule has 0 amide bonds. The van der Waals surface area contributed by atoms with Gasteiger partial charge in [0.2, 0.25) is 11.8 Å². The Morgan fingerprint density at radius 1 is 1.07 bits per heavy atom. The summed E-state index contributed by atoms with van der Waals surface area (Å²) in [5, 5.41) is 4.82. The van der Waals surface area contributed by atoms with E-state index in [1.807, 2.05) is 16.8 Å². The fourth-order valence-corrected chi connectivity index (χ4v) is 5.29. The molecule has 9 nitrogen and oxygen atoms in total. The number of anilines is 1. The van der Waals surface area contributed by atoms with Crippen molar-refractivity contribution in [1.29, 1.82) is 0 Å². The van der Waals surface area contributed by atoms with Gasteiger partial charge in [-0.3, -0.25) is 0 Å². The number of benzene rings is 1. The van der Waals surface area contributed by atoms with E-state index in [1.54, 1.807) is 19.2 Å². The zero-order valence-corrected chi connectivity index (χ0v) is 22.9. The average molecular weight is 571 g/mol. The lowest BCUT2D eigenvalue weighted by molar-refractivity contribution is -0.140. The third-order valence-electron chi connectivity index (χ3n) is 7.48. The largest absolute Gasteiger partial charge is 0.480 e. The van der Waals surface area contributed by atoms with Gasteiger partial charge < -0.3 is 14.2 Å². The van der Waals surface area contributed by atoms with E-state index in [9.17, 15) is 17.6 Å². The van der Waals surface area contributed by atoms with Crippen LogP contribution in [0.5, 0.6) is 5.88 Å². The second-order valence-electron chi connectivity index (χ2n) is 10.9. The Hall–Kier alpha value is -4.03. The number of imidazole rings is 1. The van der Waals surface area contributed by atoms with E-state index in [4.69, 9.17) is 14.8 Å². The standard InChI is InChI=1S/C28H30F4N8O/c1-16-11-38(27-36-24(37-40(27)12-16)22-23(19-8-9-19)33-15-34-26(22)41-3)13-18-4-6-20(7-5-18)25-35-21(28(30,31)32)14-39(25)17(2)10-29/h4-7,14-17,19H,8-13H2,1-3H3. The van der Waals surface area contributed by atoms with Crippen molar-refractivity contribution in [3.63, 3.8) is 0 Å². The molecule has 13 heteroatoms. The Kier molecular flexibility index (Phi) is 6.90. The lowest BCUT2D eigenvalue weighted by Gasteiger charge is -2.31. The maximum Gasteiger partial charge on any atom is 0.434 e. The first-order valence-corrected chi connectivity index (χ1v) is 13.6. The summed E-state index contributed by atoms with van der Waals surface area (Å²) in [6, 6.07) is 6.36. The molecule has 2 aliphatic rings. The number of aromatic nitrogens is 7. The fourth-order valence-electron chi connectivity index (χ4n) is 5.29. The minimum atomic E-state index is -4.62. The lowest BCUT2D eigenvalue weighted by atomic mass is 10.1. The molecule has 1 fully saturated rings. The second-order valence-corrected chi connectivity index (χ2v) is 10.9. The number of hydrogen-bond acceptors (Lipinski definition) is 7. The van der Waals surface area contributed by atoms with E-state index in [0.717, 1.165) is 48.4 Å². The molecular formula is C28H30F4N8O. The van der Waals surface area contributed by atoms with Crippen molar-refractivity contribution < 1.29 is 22.3 Å². The van der Waals surface area contributed by atoms with Gasteiger partial charge in [-0.25, -0.2) is 24.0 Å². The van der Waals surface area contributed by atoms with Crippen molar-refractivity contribution in [2.75, 3.05) is 25.2 Å². The van der Waals surface area contributed by atoms with E-state index in [0.29, 0.717) is 42.2 Å². The summed E-state index contributed by atoms with van der Waals surface area (Å²) in [7, 11) is 1.57. The summed E-state index contributed by atoms with van der Waals surface area (Å²) in [5.74, 6) is 2.44. The number of halogens is 4. The molecule has 1 saturated carbocycles. The number of alkyl halides is 4. The van der Waals surface area contributed by atoms with Gasteiger partial charge in [0.05, 0.1) is 18.8 Å². The van der Waals surface area contributed by atoms with Crippen LogP contribution in [0.3, 0.4) is 0 Å². The van der Waals surface area contributed by atoms with Crippen LogP contribution in [0.1, 0.15) is 55.6 Å². The third kappa shape index (κ3) is 5.24. The maximum atomic E-state index is 13.4. The first-order chi connectivity index (χ1) is 19.7. The van der Waals surface area contributed by atoms with Gasteiger partial charge in [0, 0.05) is 37.3 Å². The van der Waals surface area contributed by atoms with E-state index in [1.165, 1.54) is 17.8 Å². The molecule has 0 saturated heterocycles. The summed E-state index contributed by atoms with van der Waals surface area (Å²) in [4.78, 5) is 19.7. The van der Waals surface area contributed by atoms with E-state index in [-0.39, 0.29) is 5.82 Å². The van der Waals surface area contributed by atoms with Crippen LogP contribution in [0, 0.1) is 5.92 Å². The predicted molar refractivity (Wildman–Crippen MR) is 143 cm³/mol. The van der Waals surface area contributed by atoms with Crippen LogP contribution in [0.4, 0.5) is 23.5 Å². The molecule has 0 N–H and O–H groups in total. The maximum absolute atomic E-state index is 13.4. The third-order valence-corrected chi connectivity index (χ3v) is 7.48. The summed E-state index contributed by atoms with van der Waals surface area (Å²) < 4.78 is 62.2. The molecule has 2 atom stereocenters. The smallest absolute Gasteiger partial charge is 0.434 e. The highest BCUT2D eigenvalue weighted by atomic mass is 19.4. The normalized spacial score (nSPS) is 17.9. The van der Waals surface area contributed by atoms with Crippen LogP contribution in [-0.2, 0) is 19.3 Å². The molecular weight excluding hydrogens is 540 g/mol. The molecule has 0 bridgehead atoms. The first kappa shape index (κ1) is 27.2. The average Bonchev–Trinajstić information content (AvgIpc) is 3.55. The molecule has 0 spiro atoms. The van der Waals surface area contributed by atoms with Crippen LogP contribution in [0.15, 0.2) is 36.8 Å². The first-order valence-electron chi connectivity index (χ1n) is 13.6. The van der Waals surface area contributed by atoms with Crippen molar-refractivity contribution in [1.82, 2.24) is 34.3 Å². The van der Waals surface area contributed by atoms with Gasteiger partial charge in [-0.2, -0.15) is 18.2 Å². The number of hydrogen-bond donors (Lipinski definition) is 0. The Balaban J connectivity index is 1.29. The molecule has 2 unspecified atom stereocenters. The van der Waals surface area contributed by atoms with Crippen LogP contribution < -0.4 is 9.64 Å². The molecule has 3 aromatic heterocycles. The topological polar surface area (TPSA) is 86.8 Å². The molecule has 4 heterocycles. The zero-order valence-electron chi connectivity index (χ0n) is 22.9. The van der Waals surface area contributed by atoms with E-state index < -0.39 is 24.6 Å². The number of methoxy groups -OCH3 is 1. The number of nitrogens with zero attached hydrogens (tertiary/aromatic N) is 8. The minimum Gasteiger partial charge on any atom is -0.480 e. The van der Waals surface area contributed by atoms with Crippen molar-refractivity contribution in [3.8, 4) is 28.7 Å². The van der Waals surface area contributed by atoms with Gasteiger partial charge in [0.15, 0.2) is 11.5 Å². The van der Waals surface area contributed by atoms with Crippen LogP contribution in [-0.4, -0.2) is 54.6 Å². The molecule has 216 valence electrons. The van der Waals surface area contributed by atoms with Crippen molar-refractivity contribution in [2.24, 2.45) is 5.92 Å². The van der Waals surface area contributed by atoms with Crippen LogP contribution in [0.2, 0.25) is 0 Å². The second kappa shape index (κ2) is 10.4. The number of fused-ring (bicyclic) bond motifs is 1. The molecule has 0 radical (unpaired) electrons. The van der Waals surface area contributed by atoms with Gasteiger partial charge in [0.25, 0.3) is 0 Å². The van der Waals surface area contributed by atoms with Gasteiger partial charge in [0.1, 0.15) is 24.4 Å². The SMILES string of the molecule is COc1ncnc(C2CC2)c1-c1nc2n(n1)CC(C)CN2Cc1ccc(-c2nc(C(F)(F)F)cn2C(C)CF)cc1. The highest BCUT2D eigenvalue weighted by Gasteiger charge is 2.36. The molecule has 1 aliphatic carbocycles. The van der Waals surface area contributed by atoms with E-state index >= 15 is 0 Å². The monoisotopic (exact) mass is 570 g/mol. The van der Waals surface area contributed by atoms with Crippen molar-refractivity contribution in [3.05, 3.63) is 53.7 Å². The van der Waals surface area contributed by atoms with Gasteiger partial charge >= 0.3 is 6.18 Å². The summed E-state index contributed by atoms with van der Waals surface area (Å²) in [6.07, 6.45) is -0.118. The zero-order chi connectivity index (χ0) is 28.9. The summed E-state index contributed by atoms with van der Waals surface area (Å²) in [5.41, 5.74) is 2.01. The Bertz CT molecular complexity index is 1540. The Labute approximate surface area is 234 Å². The highest BCUT2D eigenvalue weighted by molar-refractivity contribution is 5.67.